The lowest BCUT2D eigenvalue weighted by Gasteiger charge is -2.30. The van der Waals surface area contributed by atoms with Crippen LogP contribution in [0.4, 0.5) is 0 Å². The Labute approximate surface area is 103 Å². The van der Waals surface area contributed by atoms with Crippen molar-refractivity contribution < 1.29 is 9.53 Å². The standard InChI is InChI=1S/C12H23NO2S/c1-9(2)13(10(3)4)6-8-16-11-5-7-15-12(11)14/h9-11H,5-8H2,1-4H3. The molecule has 0 N–H and O–H groups in total. The molecule has 0 aliphatic carbocycles. The van der Waals surface area contributed by atoms with Gasteiger partial charge >= 0.3 is 5.97 Å². The number of hydrogen-bond acceptors (Lipinski definition) is 4. The van der Waals surface area contributed by atoms with Crippen LogP contribution in [0.2, 0.25) is 0 Å². The summed E-state index contributed by atoms with van der Waals surface area (Å²) in [4.78, 5) is 13.7. The van der Waals surface area contributed by atoms with E-state index in [1.807, 2.05) is 0 Å². The molecule has 1 aliphatic heterocycles. The van der Waals surface area contributed by atoms with Crippen LogP contribution in [0, 0.1) is 0 Å². The van der Waals surface area contributed by atoms with E-state index in [1.165, 1.54) is 0 Å². The van der Waals surface area contributed by atoms with Crippen LogP contribution in [0.15, 0.2) is 0 Å². The Bertz CT molecular complexity index is 223. The van der Waals surface area contributed by atoms with Gasteiger partial charge < -0.3 is 4.74 Å². The van der Waals surface area contributed by atoms with Gasteiger partial charge in [0.05, 0.1) is 6.61 Å². The number of nitrogens with zero attached hydrogens (tertiary/aromatic N) is 1. The maximum absolute atomic E-state index is 11.3. The lowest BCUT2D eigenvalue weighted by atomic mass is 10.2. The molecule has 1 aliphatic rings. The van der Waals surface area contributed by atoms with Crippen LogP contribution in [0.25, 0.3) is 0 Å². The fourth-order valence-corrected chi connectivity index (χ4v) is 3.11. The van der Waals surface area contributed by atoms with Crippen molar-refractivity contribution in [3.8, 4) is 0 Å². The molecule has 0 radical (unpaired) electrons. The van der Waals surface area contributed by atoms with Gasteiger partial charge in [-0.15, -0.1) is 11.8 Å². The van der Waals surface area contributed by atoms with Crippen molar-refractivity contribution in [2.75, 3.05) is 18.9 Å². The topological polar surface area (TPSA) is 29.5 Å². The highest BCUT2D eigenvalue weighted by molar-refractivity contribution is 8.00. The number of ether oxygens (including phenoxy) is 1. The predicted molar refractivity (Wildman–Crippen MR) is 68.8 cm³/mol. The quantitative estimate of drug-likeness (QED) is 0.671. The maximum Gasteiger partial charge on any atom is 0.319 e. The molecule has 0 aromatic heterocycles. The van der Waals surface area contributed by atoms with E-state index in [9.17, 15) is 4.79 Å². The van der Waals surface area contributed by atoms with E-state index in [0.717, 1.165) is 18.7 Å². The van der Waals surface area contributed by atoms with Crippen LogP contribution in [-0.4, -0.2) is 47.1 Å². The van der Waals surface area contributed by atoms with Gasteiger partial charge in [0, 0.05) is 30.8 Å². The third-order valence-electron chi connectivity index (χ3n) is 2.88. The zero-order chi connectivity index (χ0) is 12.1. The molecule has 16 heavy (non-hydrogen) atoms. The van der Waals surface area contributed by atoms with E-state index in [4.69, 9.17) is 4.74 Å². The Kier molecular flexibility index (Phi) is 5.62. The molecule has 0 spiro atoms. The average Bonchev–Trinajstić information content (AvgIpc) is 2.57. The normalized spacial score (nSPS) is 21.2. The van der Waals surface area contributed by atoms with Gasteiger partial charge in [-0.25, -0.2) is 0 Å². The first-order chi connectivity index (χ1) is 7.52. The van der Waals surface area contributed by atoms with Crippen molar-refractivity contribution in [3.63, 3.8) is 0 Å². The zero-order valence-electron chi connectivity index (χ0n) is 10.7. The van der Waals surface area contributed by atoms with Crippen LogP contribution in [0.3, 0.4) is 0 Å². The molecular weight excluding hydrogens is 222 g/mol. The van der Waals surface area contributed by atoms with Crippen LogP contribution >= 0.6 is 11.8 Å². The van der Waals surface area contributed by atoms with Crippen LogP contribution in [-0.2, 0) is 9.53 Å². The Hall–Kier alpha value is -0.220. The van der Waals surface area contributed by atoms with Crippen LogP contribution in [0.5, 0.6) is 0 Å². The number of cyclic esters (lactones) is 1. The van der Waals surface area contributed by atoms with Gasteiger partial charge in [-0.2, -0.15) is 0 Å². The Morgan fingerprint density at radius 1 is 1.38 bits per heavy atom. The second-order valence-corrected chi connectivity index (χ2v) is 6.05. The fraction of sp³-hybridized carbons (Fsp3) is 0.917. The molecule has 94 valence electrons. The summed E-state index contributed by atoms with van der Waals surface area (Å²) in [6, 6.07) is 1.13. The number of rotatable bonds is 6. The summed E-state index contributed by atoms with van der Waals surface area (Å²) in [6.45, 7) is 10.5. The molecule has 1 atom stereocenters. The first-order valence-corrected chi connectivity index (χ1v) is 7.11. The van der Waals surface area contributed by atoms with Gasteiger partial charge in [0.25, 0.3) is 0 Å². The summed E-state index contributed by atoms with van der Waals surface area (Å²) < 4.78 is 4.94. The molecule has 1 unspecified atom stereocenters. The first-order valence-electron chi connectivity index (χ1n) is 6.06. The van der Waals surface area contributed by atoms with Gasteiger partial charge in [-0.05, 0) is 27.7 Å². The molecule has 1 fully saturated rings. The van der Waals surface area contributed by atoms with Gasteiger partial charge in [0.2, 0.25) is 0 Å². The molecular formula is C12H23NO2S. The molecule has 3 nitrogen and oxygen atoms in total. The molecule has 1 rings (SSSR count). The highest BCUT2D eigenvalue weighted by Gasteiger charge is 2.26. The third kappa shape index (κ3) is 3.98. The summed E-state index contributed by atoms with van der Waals surface area (Å²) in [5.41, 5.74) is 0. The van der Waals surface area contributed by atoms with E-state index >= 15 is 0 Å². The van der Waals surface area contributed by atoms with Crippen molar-refractivity contribution in [1.82, 2.24) is 4.90 Å². The minimum Gasteiger partial charge on any atom is -0.465 e. The third-order valence-corrected chi connectivity index (χ3v) is 4.13. The number of carbonyl (C=O) groups is 1. The molecule has 1 saturated heterocycles. The number of esters is 1. The van der Waals surface area contributed by atoms with Crippen molar-refractivity contribution >= 4 is 17.7 Å². The van der Waals surface area contributed by atoms with E-state index in [0.29, 0.717) is 18.7 Å². The lowest BCUT2D eigenvalue weighted by molar-refractivity contribution is -0.137. The average molecular weight is 245 g/mol. The maximum atomic E-state index is 11.3. The van der Waals surface area contributed by atoms with Crippen molar-refractivity contribution in [2.24, 2.45) is 0 Å². The fourth-order valence-electron chi connectivity index (χ4n) is 2.04. The zero-order valence-corrected chi connectivity index (χ0v) is 11.5. The summed E-state index contributed by atoms with van der Waals surface area (Å²) in [5, 5.41) is 0.0844. The molecule has 0 aromatic rings. The largest absolute Gasteiger partial charge is 0.465 e. The van der Waals surface area contributed by atoms with Gasteiger partial charge in [-0.1, -0.05) is 0 Å². The second-order valence-electron chi connectivity index (χ2n) is 4.74. The summed E-state index contributed by atoms with van der Waals surface area (Å²) in [5.74, 6) is 0.987. The summed E-state index contributed by atoms with van der Waals surface area (Å²) in [6.07, 6.45) is 0.882. The number of thioether (sulfide) groups is 1. The Morgan fingerprint density at radius 2 is 2.00 bits per heavy atom. The van der Waals surface area contributed by atoms with E-state index < -0.39 is 0 Å². The minimum atomic E-state index is -0.0226. The van der Waals surface area contributed by atoms with Gasteiger partial charge in [0.1, 0.15) is 5.25 Å². The van der Waals surface area contributed by atoms with E-state index in [2.05, 4.69) is 32.6 Å². The van der Waals surface area contributed by atoms with Crippen molar-refractivity contribution in [2.45, 2.75) is 51.4 Å². The molecule has 4 heteroatoms. The number of hydrogen-bond donors (Lipinski definition) is 0. The molecule has 0 amide bonds. The highest BCUT2D eigenvalue weighted by atomic mass is 32.2. The van der Waals surface area contributed by atoms with Crippen LogP contribution < -0.4 is 0 Å². The van der Waals surface area contributed by atoms with Crippen LogP contribution in [0.1, 0.15) is 34.1 Å². The molecule has 1 heterocycles. The smallest absolute Gasteiger partial charge is 0.319 e. The Balaban J connectivity index is 2.25. The minimum absolute atomic E-state index is 0.0226. The summed E-state index contributed by atoms with van der Waals surface area (Å²) >= 11 is 1.74. The first kappa shape index (κ1) is 13.8. The van der Waals surface area contributed by atoms with Crippen molar-refractivity contribution in [1.29, 1.82) is 0 Å². The molecule has 0 bridgehead atoms. The predicted octanol–water partition coefficient (Wildman–Crippen LogP) is 2.15. The monoisotopic (exact) mass is 245 g/mol. The summed E-state index contributed by atoms with van der Waals surface area (Å²) in [7, 11) is 0. The Morgan fingerprint density at radius 3 is 2.44 bits per heavy atom. The van der Waals surface area contributed by atoms with E-state index in [1.54, 1.807) is 11.8 Å². The second kappa shape index (κ2) is 6.50. The van der Waals surface area contributed by atoms with E-state index in [-0.39, 0.29) is 11.2 Å². The SMILES string of the molecule is CC(C)N(CCSC1CCOC1=O)C(C)C. The highest BCUT2D eigenvalue weighted by Crippen LogP contribution is 2.22. The van der Waals surface area contributed by atoms with Gasteiger partial charge in [0.15, 0.2) is 0 Å². The lowest BCUT2D eigenvalue weighted by Crippen LogP contribution is -2.38. The molecule has 0 aromatic carbocycles. The van der Waals surface area contributed by atoms with Crippen molar-refractivity contribution in [3.05, 3.63) is 0 Å². The molecule has 0 saturated carbocycles. The van der Waals surface area contributed by atoms with Gasteiger partial charge in [-0.3, -0.25) is 9.69 Å². The number of carbonyl (C=O) groups excluding carboxylic acids is 1.